The second-order valence-electron chi connectivity index (χ2n) is 12.4. The molecule has 0 spiro atoms. The molecule has 0 bridgehead atoms. The van der Waals surface area contributed by atoms with Crippen molar-refractivity contribution in [3.05, 3.63) is 46.2 Å². The summed E-state index contributed by atoms with van der Waals surface area (Å²) >= 11 is 0. The first-order valence-electron chi connectivity index (χ1n) is 12.7. The van der Waals surface area contributed by atoms with Gasteiger partial charge in [-0.25, -0.2) is 14.8 Å². The van der Waals surface area contributed by atoms with Crippen LogP contribution in [0.4, 0.5) is 0 Å². The molecule has 0 radical (unpaired) electrons. The van der Waals surface area contributed by atoms with Crippen molar-refractivity contribution in [1.82, 2.24) is 24.4 Å². The number of imidazole rings is 1. The Morgan fingerprint density at radius 2 is 1.94 bits per heavy atom. The Kier molecular flexibility index (Phi) is 5.68. The van der Waals surface area contributed by atoms with Crippen molar-refractivity contribution in [3.8, 4) is 0 Å². The summed E-state index contributed by atoms with van der Waals surface area (Å²) in [7, 11) is 1.79. The molecular weight excluding hydrogens is 442 g/mol. The van der Waals surface area contributed by atoms with Crippen molar-refractivity contribution in [2.24, 2.45) is 17.9 Å². The van der Waals surface area contributed by atoms with E-state index in [9.17, 15) is 9.59 Å². The molecule has 2 saturated carbocycles. The highest BCUT2D eigenvalue weighted by Gasteiger charge is 2.40. The van der Waals surface area contributed by atoms with Crippen molar-refractivity contribution < 1.29 is 9.21 Å². The number of carbonyl (C=O) groups excluding carboxylic acids is 1. The summed E-state index contributed by atoms with van der Waals surface area (Å²) < 4.78 is 9.00. The van der Waals surface area contributed by atoms with Gasteiger partial charge in [0, 0.05) is 37.2 Å². The molecule has 0 aliphatic heterocycles. The molecule has 2 atom stereocenters. The summed E-state index contributed by atoms with van der Waals surface area (Å²) in [6.07, 6.45) is 6.25. The van der Waals surface area contributed by atoms with Crippen LogP contribution in [0.3, 0.4) is 0 Å². The Morgan fingerprint density at radius 1 is 1.20 bits per heavy atom. The second kappa shape index (κ2) is 8.35. The first-order valence-corrected chi connectivity index (χ1v) is 12.7. The average Bonchev–Trinajstić information content (AvgIpc) is 3.47. The van der Waals surface area contributed by atoms with Crippen molar-refractivity contribution in [2.45, 2.75) is 91.1 Å². The third kappa shape index (κ3) is 4.55. The molecule has 2 unspecified atom stereocenters. The minimum Gasteiger partial charge on any atom is -0.447 e. The molecule has 2 fully saturated rings. The maximum Gasteiger partial charge on any atom is 0.330 e. The molecule has 3 aromatic rings. The van der Waals surface area contributed by atoms with Crippen LogP contribution in [0.25, 0.3) is 11.2 Å². The van der Waals surface area contributed by atoms with Crippen LogP contribution in [0.15, 0.2) is 27.7 Å². The fourth-order valence-corrected chi connectivity index (χ4v) is 5.39. The first-order chi connectivity index (χ1) is 16.4. The molecule has 35 heavy (non-hydrogen) atoms. The van der Waals surface area contributed by atoms with Gasteiger partial charge in [0.2, 0.25) is 0 Å². The van der Waals surface area contributed by atoms with Crippen LogP contribution in [0.2, 0.25) is 0 Å². The van der Waals surface area contributed by atoms with Crippen LogP contribution in [0.1, 0.15) is 101 Å². The van der Waals surface area contributed by atoms with Gasteiger partial charge in [0.1, 0.15) is 5.76 Å². The van der Waals surface area contributed by atoms with Crippen LogP contribution in [-0.2, 0) is 13.6 Å². The number of amides is 1. The third-order valence-electron chi connectivity index (χ3n) is 7.72. The molecule has 5 rings (SSSR count). The molecule has 3 heterocycles. The number of aryl methyl sites for hydroxylation is 1. The van der Waals surface area contributed by atoms with Crippen molar-refractivity contribution in [2.75, 3.05) is 0 Å². The number of nitrogens with one attached hydrogen (secondary N) is 1. The Hall–Kier alpha value is -2.90. The van der Waals surface area contributed by atoms with Crippen LogP contribution in [0, 0.1) is 10.8 Å². The Bertz CT molecular complexity index is 1320. The summed E-state index contributed by atoms with van der Waals surface area (Å²) in [6, 6.07) is 4.09. The lowest BCUT2D eigenvalue weighted by molar-refractivity contribution is 0.0830. The highest BCUT2D eigenvalue weighted by molar-refractivity contribution is 5.93. The van der Waals surface area contributed by atoms with E-state index in [4.69, 9.17) is 9.40 Å². The number of oxazole rings is 1. The van der Waals surface area contributed by atoms with Crippen molar-refractivity contribution in [3.63, 3.8) is 0 Å². The molecule has 0 saturated heterocycles. The standard InChI is InChI=1S/C27H37N5O3/c1-26(2,3)14-32-19-10-9-18(29-23(19)31(6)25(32)34)17-11-12-27(4,5)20(13-17)30-24(33)21-22(16-7-8-16)35-15-28-21/h9-10,15-17,20H,7-8,11-14H2,1-6H3,(H,30,33). The molecule has 188 valence electrons. The van der Waals surface area contributed by atoms with E-state index in [1.807, 2.05) is 10.6 Å². The normalized spacial score (nSPS) is 22.5. The molecule has 1 N–H and O–H groups in total. The average molecular weight is 480 g/mol. The Balaban J connectivity index is 1.39. The van der Waals surface area contributed by atoms with E-state index in [1.165, 1.54) is 6.39 Å². The van der Waals surface area contributed by atoms with Gasteiger partial charge in [-0.2, -0.15) is 0 Å². The predicted octanol–water partition coefficient (Wildman–Crippen LogP) is 4.74. The van der Waals surface area contributed by atoms with E-state index in [1.54, 1.807) is 11.6 Å². The fraction of sp³-hybridized carbons (Fsp3) is 0.630. The molecule has 0 aromatic carbocycles. The van der Waals surface area contributed by atoms with Gasteiger partial charge in [-0.15, -0.1) is 0 Å². The minimum atomic E-state index is -0.149. The SMILES string of the molecule is Cn1c(=O)n(CC(C)(C)C)c2ccc(C3CCC(C)(C)C(NC(=O)c4ncoc4C4CC4)C3)nc21. The summed E-state index contributed by atoms with van der Waals surface area (Å²) in [4.78, 5) is 35.3. The summed E-state index contributed by atoms with van der Waals surface area (Å²) in [5, 5.41) is 3.27. The lowest BCUT2D eigenvalue weighted by Crippen LogP contribution is -2.48. The van der Waals surface area contributed by atoms with Gasteiger partial charge in [-0.1, -0.05) is 34.6 Å². The Morgan fingerprint density at radius 3 is 2.63 bits per heavy atom. The molecule has 1 amide bonds. The monoisotopic (exact) mass is 479 g/mol. The van der Waals surface area contributed by atoms with E-state index in [2.05, 4.69) is 51.0 Å². The molecule has 2 aliphatic rings. The van der Waals surface area contributed by atoms with Crippen molar-refractivity contribution in [1.29, 1.82) is 0 Å². The van der Waals surface area contributed by atoms with Gasteiger partial charge in [0.15, 0.2) is 17.7 Å². The van der Waals surface area contributed by atoms with E-state index < -0.39 is 0 Å². The zero-order chi connectivity index (χ0) is 25.1. The number of carbonyl (C=O) groups is 1. The van der Waals surface area contributed by atoms with Gasteiger partial charge in [-0.3, -0.25) is 13.9 Å². The van der Waals surface area contributed by atoms with E-state index in [0.29, 0.717) is 18.2 Å². The van der Waals surface area contributed by atoms with Gasteiger partial charge >= 0.3 is 5.69 Å². The predicted molar refractivity (Wildman–Crippen MR) is 135 cm³/mol. The highest BCUT2D eigenvalue weighted by Crippen LogP contribution is 2.44. The number of aromatic nitrogens is 4. The number of pyridine rings is 1. The zero-order valence-corrected chi connectivity index (χ0v) is 21.7. The molecular formula is C27H37N5O3. The van der Waals surface area contributed by atoms with Gasteiger partial charge < -0.3 is 9.73 Å². The van der Waals surface area contributed by atoms with E-state index in [-0.39, 0.29) is 34.4 Å². The number of fused-ring (bicyclic) bond motifs is 1. The summed E-state index contributed by atoms with van der Waals surface area (Å²) in [6.45, 7) is 11.5. The summed E-state index contributed by atoms with van der Waals surface area (Å²) in [5.74, 6) is 1.11. The van der Waals surface area contributed by atoms with Gasteiger partial charge in [-0.05, 0) is 55.1 Å². The number of nitrogens with zero attached hydrogens (tertiary/aromatic N) is 4. The lowest BCUT2D eigenvalue weighted by Gasteiger charge is -2.42. The second-order valence-corrected chi connectivity index (χ2v) is 12.4. The maximum atomic E-state index is 13.1. The van der Waals surface area contributed by atoms with Gasteiger partial charge in [0.25, 0.3) is 5.91 Å². The van der Waals surface area contributed by atoms with Crippen LogP contribution < -0.4 is 11.0 Å². The van der Waals surface area contributed by atoms with Crippen LogP contribution in [-0.4, -0.2) is 31.1 Å². The largest absolute Gasteiger partial charge is 0.447 e. The minimum absolute atomic E-state index is 0.00990. The number of hydrogen-bond acceptors (Lipinski definition) is 5. The maximum absolute atomic E-state index is 13.1. The highest BCUT2D eigenvalue weighted by atomic mass is 16.3. The third-order valence-corrected chi connectivity index (χ3v) is 7.72. The quantitative estimate of drug-likeness (QED) is 0.570. The molecule has 8 nitrogen and oxygen atoms in total. The van der Waals surface area contributed by atoms with Crippen LogP contribution >= 0.6 is 0 Å². The van der Waals surface area contributed by atoms with E-state index in [0.717, 1.165) is 54.7 Å². The van der Waals surface area contributed by atoms with Crippen LogP contribution in [0.5, 0.6) is 0 Å². The lowest BCUT2D eigenvalue weighted by atomic mass is 9.68. The number of hydrogen-bond donors (Lipinski definition) is 1. The van der Waals surface area contributed by atoms with E-state index >= 15 is 0 Å². The fourth-order valence-electron chi connectivity index (χ4n) is 5.39. The molecule has 3 aromatic heterocycles. The summed E-state index contributed by atoms with van der Waals surface area (Å²) in [5.41, 5.74) is 2.92. The molecule has 8 heteroatoms. The first kappa shape index (κ1) is 23.8. The van der Waals surface area contributed by atoms with Crippen molar-refractivity contribution >= 4 is 17.1 Å². The topological polar surface area (TPSA) is 95.0 Å². The zero-order valence-electron chi connectivity index (χ0n) is 21.7. The smallest absolute Gasteiger partial charge is 0.330 e. The molecule has 2 aliphatic carbocycles. The number of rotatable bonds is 5. The Labute approximate surface area is 206 Å². The van der Waals surface area contributed by atoms with Gasteiger partial charge in [0.05, 0.1) is 5.52 Å².